The highest BCUT2D eigenvalue weighted by atomic mass is 32.1. The topological polar surface area (TPSA) is 78.5 Å². The number of thiophene rings is 1. The second kappa shape index (κ2) is 6.04. The summed E-state index contributed by atoms with van der Waals surface area (Å²) in [5.74, 6) is -0.406. The molecule has 0 aliphatic carbocycles. The predicted molar refractivity (Wildman–Crippen MR) is 75.2 cm³/mol. The summed E-state index contributed by atoms with van der Waals surface area (Å²) in [5.41, 5.74) is 0. The monoisotopic (exact) mass is 295 g/mol. The van der Waals surface area contributed by atoms with Crippen molar-refractivity contribution in [3.63, 3.8) is 0 Å². The van der Waals surface area contributed by atoms with Gasteiger partial charge in [0.25, 0.3) is 5.91 Å². The lowest BCUT2D eigenvalue weighted by atomic mass is 10.1. The summed E-state index contributed by atoms with van der Waals surface area (Å²) in [4.78, 5) is 37.2. The summed E-state index contributed by atoms with van der Waals surface area (Å²) in [7, 11) is 1.75. The molecule has 0 aromatic carbocycles. The zero-order valence-corrected chi connectivity index (χ0v) is 12.2. The third-order valence-corrected chi connectivity index (χ3v) is 4.48. The molecule has 0 spiro atoms. The molecular formula is C13H17N3O3S. The molecule has 2 atom stereocenters. The van der Waals surface area contributed by atoms with Crippen LogP contribution in [-0.4, -0.2) is 35.8 Å². The average molecular weight is 295 g/mol. The number of carbonyl (C=O) groups is 3. The van der Waals surface area contributed by atoms with Crippen molar-refractivity contribution in [3.8, 4) is 0 Å². The van der Waals surface area contributed by atoms with Crippen molar-refractivity contribution >= 4 is 29.2 Å². The number of rotatable bonds is 5. The van der Waals surface area contributed by atoms with Crippen LogP contribution >= 0.6 is 11.3 Å². The van der Waals surface area contributed by atoms with E-state index in [9.17, 15) is 14.4 Å². The van der Waals surface area contributed by atoms with Crippen LogP contribution in [0.2, 0.25) is 0 Å². The number of nitrogens with one attached hydrogen (secondary N) is 2. The van der Waals surface area contributed by atoms with E-state index in [4.69, 9.17) is 0 Å². The fourth-order valence-corrected chi connectivity index (χ4v) is 2.87. The van der Waals surface area contributed by atoms with Crippen LogP contribution < -0.4 is 10.6 Å². The Kier molecular flexibility index (Phi) is 4.39. The van der Waals surface area contributed by atoms with E-state index in [1.165, 1.54) is 0 Å². The van der Waals surface area contributed by atoms with Gasteiger partial charge < -0.3 is 10.2 Å². The predicted octanol–water partition coefficient (Wildman–Crippen LogP) is 1.26. The Labute approximate surface area is 121 Å². The zero-order valence-electron chi connectivity index (χ0n) is 11.4. The number of amides is 4. The summed E-state index contributed by atoms with van der Waals surface area (Å²) in [6.07, 6.45) is 0.544. The molecule has 1 aliphatic rings. The highest BCUT2D eigenvalue weighted by Crippen LogP contribution is 2.24. The average Bonchev–Trinajstić information content (AvgIpc) is 3.04. The first kappa shape index (κ1) is 14.5. The van der Waals surface area contributed by atoms with Crippen molar-refractivity contribution in [3.05, 3.63) is 22.4 Å². The first-order chi connectivity index (χ1) is 9.49. The fourth-order valence-electron chi connectivity index (χ4n) is 2.04. The van der Waals surface area contributed by atoms with E-state index in [2.05, 4.69) is 10.6 Å². The van der Waals surface area contributed by atoms with E-state index >= 15 is 0 Å². The van der Waals surface area contributed by atoms with Gasteiger partial charge in [0, 0.05) is 18.3 Å². The highest BCUT2D eigenvalue weighted by molar-refractivity contribution is 7.10. The minimum absolute atomic E-state index is 0.00879. The first-order valence-electron chi connectivity index (χ1n) is 6.39. The minimum Gasteiger partial charge on any atom is -0.338 e. The van der Waals surface area contributed by atoms with Gasteiger partial charge in [-0.05, 0) is 24.8 Å². The lowest BCUT2D eigenvalue weighted by molar-refractivity contribution is -0.132. The number of hydrogen-bond acceptors (Lipinski definition) is 4. The Morgan fingerprint density at radius 1 is 1.50 bits per heavy atom. The molecule has 0 bridgehead atoms. The Morgan fingerprint density at radius 3 is 2.80 bits per heavy atom. The third-order valence-electron chi connectivity index (χ3n) is 3.43. The molecule has 2 N–H and O–H groups in total. The summed E-state index contributed by atoms with van der Waals surface area (Å²) >= 11 is 1.61. The van der Waals surface area contributed by atoms with Gasteiger partial charge in [-0.3, -0.25) is 14.9 Å². The molecule has 4 amide bonds. The largest absolute Gasteiger partial charge is 0.338 e. The molecule has 0 saturated carbocycles. The van der Waals surface area contributed by atoms with Crippen molar-refractivity contribution in [2.45, 2.75) is 31.8 Å². The maximum Gasteiger partial charge on any atom is 0.322 e. The molecule has 1 aliphatic heterocycles. The summed E-state index contributed by atoms with van der Waals surface area (Å²) in [5, 5.41) is 6.61. The summed E-state index contributed by atoms with van der Waals surface area (Å²) in [6, 6.07) is 2.86. The maximum atomic E-state index is 12.1. The third kappa shape index (κ3) is 3.16. The Bertz CT molecular complexity index is 515. The van der Waals surface area contributed by atoms with Gasteiger partial charge in [0.15, 0.2) is 0 Å². The molecule has 20 heavy (non-hydrogen) atoms. The lowest BCUT2D eigenvalue weighted by Crippen LogP contribution is -2.33. The van der Waals surface area contributed by atoms with Crippen LogP contribution in [0.4, 0.5) is 4.79 Å². The second-order valence-electron chi connectivity index (χ2n) is 4.75. The highest BCUT2D eigenvalue weighted by Gasteiger charge is 2.30. The fraction of sp³-hybridized carbons (Fsp3) is 0.462. The molecule has 6 nitrogen and oxygen atoms in total. The molecule has 1 saturated heterocycles. The molecule has 0 unspecified atom stereocenters. The van der Waals surface area contributed by atoms with Crippen LogP contribution in [0.5, 0.6) is 0 Å². The molecular weight excluding hydrogens is 278 g/mol. The number of nitrogens with zero attached hydrogens (tertiary/aromatic N) is 1. The van der Waals surface area contributed by atoms with Crippen LogP contribution in [0.15, 0.2) is 17.5 Å². The molecule has 1 fully saturated rings. The number of imide groups is 1. The maximum absolute atomic E-state index is 12.1. The van der Waals surface area contributed by atoms with Crippen LogP contribution in [0.25, 0.3) is 0 Å². The van der Waals surface area contributed by atoms with Gasteiger partial charge in [-0.1, -0.05) is 6.07 Å². The van der Waals surface area contributed by atoms with Gasteiger partial charge in [0.1, 0.15) is 6.04 Å². The molecule has 7 heteroatoms. The molecule has 108 valence electrons. The van der Waals surface area contributed by atoms with E-state index in [0.29, 0.717) is 6.42 Å². The van der Waals surface area contributed by atoms with Crippen molar-refractivity contribution < 1.29 is 14.4 Å². The Hall–Kier alpha value is -1.89. The molecule has 0 radical (unpaired) electrons. The van der Waals surface area contributed by atoms with E-state index in [-0.39, 0.29) is 24.3 Å². The first-order valence-corrected chi connectivity index (χ1v) is 7.27. The molecule has 2 heterocycles. The van der Waals surface area contributed by atoms with Crippen molar-refractivity contribution in [2.24, 2.45) is 0 Å². The van der Waals surface area contributed by atoms with E-state index < -0.39 is 12.1 Å². The van der Waals surface area contributed by atoms with Gasteiger partial charge in [-0.15, -0.1) is 11.3 Å². The number of carbonyl (C=O) groups excluding carboxylic acids is 3. The minimum atomic E-state index is -0.600. The van der Waals surface area contributed by atoms with Gasteiger partial charge >= 0.3 is 6.03 Å². The summed E-state index contributed by atoms with van der Waals surface area (Å²) in [6.45, 7) is 1.97. The van der Waals surface area contributed by atoms with Crippen molar-refractivity contribution in [1.82, 2.24) is 15.5 Å². The van der Waals surface area contributed by atoms with E-state index in [1.807, 2.05) is 24.4 Å². The zero-order chi connectivity index (χ0) is 14.7. The summed E-state index contributed by atoms with van der Waals surface area (Å²) < 4.78 is 0. The smallest absolute Gasteiger partial charge is 0.322 e. The molecule has 1 aromatic heterocycles. The van der Waals surface area contributed by atoms with Gasteiger partial charge in [-0.2, -0.15) is 0 Å². The van der Waals surface area contributed by atoms with Gasteiger partial charge in [0.05, 0.1) is 6.04 Å². The second-order valence-corrected chi connectivity index (χ2v) is 5.73. The quantitative estimate of drug-likeness (QED) is 0.803. The number of urea groups is 1. The van der Waals surface area contributed by atoms with Gasteiger partial charge in [0.2, 0.25) is 5.91 Å². The normalized spacial score (nSPS) is 19.4. The van der Waals surface area contributed by atoms with Crippen LogP contribution in [-0.2, 0) is 9.59 Å². The standard InChI is InChI=1S/C13H17N3O3S/c1-8(10-4-3-7-20-10)16(2)11(17)6-5-9-12(18)15-13(19)14-9/h3-4,7-9H,5-6H2,1-2H3,(H2,14,15,18,19)/t8-,9+/m1/s1. The van der Waals surface area contributed by atoms with E-state index in [1.54, 1.807) is 23.3 Å². The number of hydrogen-bond donors (Lipinski definition) is 2. The molecule has 1 aromatic rings. The Balaban J connectivity index is 1.85. The van der Waals surface area contributed by atoms with Crippen LogP contribution in [0.1, 0.15) is 30.7 Å². The van der Waals surface area contributed by atoms with E-state index in [0.717, 1.165) is 4.88 Å². The lowest BCUT2D eigenvalue weighted by Gasteiger charge is -2.24. The van der Waals surface area contributed by atoms with Gasteiger partial charge in [-0.25, -0.2) is 4.79 Å². The molecule has 2 rings (SSSR count). The Morgan fingerprint density at radius 2 is 2.25 bits per heavy atom. The van der Waals surface area contributed by atoms with Crippen molar-refractivity contribution in [2.75, 3.05) is 7.05 Å². The SMILES string of the molecule is C[C@H](c1cccs1)N(C)C(=O)CC[C@@H]1NC(=O)NC1=O. The van der Waals surface area contributed by atoms with Crippen molar-refractivity contribution in [1.29, 1.82) is 0 Å². The van der Waals surface area contributed by atoms with Crippen LogP contribution in [0.3, 0.4) is 0 Å². The van der Waals surface area contributed by atoms with Crippen LogP contribution in [0, 0.1) is 0 Å².